The molecule has 0 unspecified atom stereocenters. The first-order valence-electron chi connectivity index (χ1n) is 6.45. The van der Waals surface area contributed by atoms with Crippen LogP contribution in [0.25, 0.3) is 10.8 Å². The van der Waals surface area contributed by atoms with E-state index in [1.165, 1.54) is 0 Å². The molecule has 0 aliphatic carbocycles. The smallest absolute Gasteiger partial charge is 0.148 e. The summed E-state index contributed by atoms with van der Waals surface area (Å²) in [5, 5.41) is 2.17. The van der Waals surface area contributed by atoms with Gasteiger partial charge in [0, 0.05) is 21.4 Å². The van der Waals surface area contributed by atoms with Crippen LogP contribution in [0.4, 0.5) is 0 Å². The average Bonchev–Trinajstić information content (AvgIpc) is 2.47. The van der Waals surface area contributed by atoms with E-state index in [0.29, 0.717) is 6.61 Å². The Balaban J connectivity index is 1.97. The summed E-state index contributed by atoms with van der Waals surface area (Å²) in [5.41, 5.74) is 2.06. The van der Waals surface area contributed by atoms with Crippen molar-refractivity contribution in [3.63, 3.8) is 0 Å². The van der Waals surface area contributed by atoms with Crippen molar-refractivity contribution in [2.75, 3.05) is 0 Å². The highest BCUT2D eigenvalue weighted by molar-refractivity contribution is 9.10. The number of pyridine rings is 1. The number of aromatic nitrogens is 1. The number of halogens is 1. The molecule has 3 aromatic rings. The Bertz CT molecular complexity index is 735. The lowest BCUT2D eigenvalue weighted by Crippen LogP contribution is -1.99. The zero-order chi connectivity index (χ0) is 13.9. The minimum atomic E-state index is 0.551. The van der Waals surface area contributed by atoms with Crippen LogP contribution in [0.2, 0.25) is 0 Å². The molecule has 100 valence electrons. The van der Waals surface area contributed by atoms with Gasteiger partial charge in [-0.1, -0.05) is 52.3 Å². The second kappa shape index (κ2) is 5.63. The van der Waals surface area contributed by atoms with Crippen molar-refractivity contribution in [3.05, 3.63) is 70.5 Å². The number of benzene rings is 2. The lowest BCUT2D eigenvalue weighted by molar-refractivity contribution is 0.306. The van der Waals surface area contributed by atoms with Gasteiger partial charge < -0.3 is 4.74 Å². The van der Waals surface area contributed by atoms with Gasteiger partial charge in [-0.3, -0.25) is 4.98 Å². The summed E-state index contributed by atoms with van der Waals surface area (Å²) in [6.45, 7) is 2.52. The van der Waals surface area contributed by atoms with Crippen LogP contribution in [0.5, 0.6) is 5.75 Å². The molecule has 0 aliphatic heterocycles. The fourth-order valence-corrected chi connectivity index (χ4v) is 2.53. The van der Waals surface area contributed by atoms with E-state index in [9.17, 15) is 0 Å². The molecular weight excluding hydrogens is 314 g/mol. The first-order valence-corrected chi connectivity index (χ1v) is 7.25. The molecule has 3 rings (SSSR count). The maximum absolute atomic E-state index is 6.01. The molecule has 0 spiro atoms. The van der Waals surface area contributed by atoms with Gasteiger partial charge >= 0.3 is 0 Å². The van der Waals surface area contributed by atoms with E-state index >= 15 is 0 Å². The topological polar surface area (TPSA) is 22.1 Å². The van der Waals surface area contributed by atoms with Crippen LogP contribution < -0.4 is 4.74 Å². The van der Waals surface area contributed by atoms with Gasteiger partial charge in [-0.15, -0.1) is 0 Å². The largest absolute Gasteiger partial charge is 0.486 e. The molecule has 3 heteroatoms. The molecule has 0 fully saturated rings. The minimum absolute atomic E-state index is 0.551. The molecule has 0 bridgehead atoms. The molecule has 0 saturated heterocycles. The van der Waals surface area contributed by atoms with Gasteiger partial charge in [0.15, 0.2) is 0 Å². The highest BCUT2D eigenvalue weighted by Gasteiger charge is 2.08. The first-order chi connectivity index (χ1) is 9.74. The van der Waals surface area contributed by atoms with Crippen LogP contribution in [0, 0.1) is 6.92 Å². The van der Waals surface area contributed by atoms with E-state index < -0.39 is 0 Å². The summed E-state index contributed by atoms with van der Waals surface area (Å²) in [6, 6.07) is 16.3. The van der Waals surface area contributed by atoms with Crippen LogP contribution in [0.15, 0.2) is 59.2 Å². The summed E-state index contributed by atoms with van der Waals surface area (Å²) in [4.78, 5) is 4.41. The fourth-order valence-electron chi connectivity index (χ4n) is 2.17. The predicted molar refractivity (Wildman–Crippen MR) is 85.0 cm³/mol. The van der Waals surface area contributed by atoms with Gasteiger partial charge in [0.05, 0.1) is 5.69 Å². The van der Waals surface area contributed by atoms with Crippen molar-refractivity contribution in [2.24, 2.45) is 0 Å². The number of aryl methyl sites for hydroxylation is 1. The number of rotatable bonds is 3. The summed E-state index contributed by atoms with van der Waals surface area (Å²) < 4.78 is 7.05. The first kappa shape index (κ1) is 13.1. The standard InChI is InChI=1S/C17H14BrNO/c1-12-17(20-11-13-5-3-2-4-6-13)16-9-15(18)8-7-14(16)10-19-12/h2-10H,11H2,1H3. The lowest BCUT2D eigenvalue weighted by atomic mass is 10.1. The van der Waals surface area contributed by atoms with Gasteiger partial charge in [0.2, 0.25) is 0 Å². The van der Waals surface area contributed by atoms with Crippen molar-refractivity contribution in [2.45, 2.75) is 13.5 Å². The van der Waals surface area contributed by atoms with Crippen molar-refractivity contribution in [1.29, 1.82) is 0 Å². The van der Waals surface area contributed by atoms with E-state index in [1.807, 2.05) is 43.5 Å². The van der Waals surface area contributed by atoms with Crippen molar-refractivity contribution in [1.82, 2.24) is 4.98 Å². The third-order valence-electron chi connectivity index (χ3n) is 3.21. The van der Waals surface area contributed by atoms with Gasteiger partial charge in [-0.2, -0.15) is 0 Å². The van der Waals surface area contributed by atoms with E-state index in [2.05, 4.69) is 39.1 Å². The second-order valence-corrected chi connectivity index (χ2v) is 5.59. The molecule has 0 aliphatic rings. The SMILES string of the molecule is Cc1ncc2ccc(Br)cc2c1OCc1ccccc1. The van der Waals surface area contributed by atoms with Crippen LogP contribution in [-0.4, -0.2) is 4.98 Å². The highest BCUT2D eigenvalue weighted by Crippen LogP contribution is 2.30. The Kier molecular flexibility index (Phi) is 3.70. The van der Waals surface area contributed by atoms with Gasteiger partial charge in [0.25, 0.3) is 0 Å². The number of hydrogen-bond acceptors (Lipinski definition) is 2. The van der Waals surface area contributed by atoms with Crippen molar-refractivity contribution >= 4 is 26.7 Å². The van der Waals surface area contributed by atoms with E-state index in [0.717, 1.165) is 32.3 Å². The maximum atomic E-state index is 6.01. The van der Waals surface area contributed by atoms with Crippen LogP contribution in [-0.2, 0) is 6.61 Å². The summed E-state index contributed by atoms with van der Waals surface area (Å²) in [5.74, 6) is 0.854. The van der Waals surface area contributed by atoms with E-state index in [-0.39, 0.29) is 0 Å². The average molecular weight is 328 g/mol. The van der Waals surface area contributed by atoms with E-state index in [4.69, 9.17) is 4.74 Å². The molecule has 1 heterocycles. The molecule has 0 atom stereocenters. The Labute approximate surface area is 126 Å². The zero-order valence-electron chi connectivity index (χ0n) is 11.1. The monoisotopic (exact) mass is 327 g/mol. The molecule has 2 aromatic carbocycles. The van der Waals surface area contributed by atoms with Crippen LogP contribution >= 0.6 is 15.9 Å². The van der Waals surface area contributed by atoms with Crippen molar-refractivity contribution < 1.29 is 4.74 Å². The number of ether oxygens (including phenoxy) is 1. The number of nitrogens with zero attached hydrogens (tertiary/aromatic N) is 1. The van der Waals surface area contributed by atoms with Gasteiger partial charge in [-0.25, -0.2) is 0 Å². The predicted octanol–water partition coefficient (Wildman–Crippen LogP) is 4.88. The number of hydrogen-bond donors (Lipinski definition) is 0. The molecule has 1 aromatic heterocycles. The second-order valence-electron chi connectivity index (χ2n) is 4.68. The summed E-state index contributed by atoms with van der Waals surface area (Å²) in [6.07, 6.45) is 1.88. The third-order valence-corrected chi connectivity index (χ3v) is 3.71. The Morgan fingerprint density at radius 1 is 1.10 bits per heavy atom. The Morgan fingerprint density at radius 3 is 2.70 bits per heavy atom. The third kappa shape index (κ3) is 2.68. The van der Waals surface area contributed by atoms with E-state index in [1.54, 1.807) is 0 Å². The van der Waals surface area contributed by atoms with Crippen molar-refractivity contribution in [3.8, 4) is 5.75 Å². The zero-order valence-corrected chi connectivity index (χ0v) is 12.7. The fraction of sp³-hybridized carbons (Fsp3) is 0.118. The molecule has 2 nitrogen and oxygen atoms in total. The molecule has 0 saturated carbocycles. The molecule has 20 heavy (non-hydrogen) atoms. The Morgan fingerprint density at radius 2 is 1.90 bits per heavy atom. The number of fused-ring (bicyclic) bond motifs is 1. The quantitative estimate of drug-likeness (QED) is 0.683. The minimum Gasteiger partial charge on any atom is -0.486 e. The maximum Gasteiger partial charge on any atom is 0.148 e. The molecule has 0 amide bonds. The molecule has 0 N–H and O–H groups in total. The normalized spacial score (nSPS) is 10.7. The molecular formula is C17H14BrNO. The molecule has 0 radical (unpaired) electrons. The van der Waals surface area contributed by atoms with Gasteiger partial charge in [-0.05, 0) is 24.6 Å². The van der Waals surface area contributed by atoms with Crippen LogP contribution in [0.3, 0.4) is 0 Å². The lowest BCUT2D eigenvalue weighted by Gasteiger charge is -2.12. The highest BCUT2D eigenvalue weighted by atomic mass is 79.9. The Hall–Kier alpha value is -1.87. The van der Waals surface area contributed by atoms with Gasteiger partial charge in [0.1, 0.15) is 12.4 Å². The van der Waals surface area contributed by atoms with Crippen LogP contribution in [0.1, 0.15) is 11.3 Å². The summed E-state index contributed by atoms with van der Waals surface area (Å²) >= 11 is 3.51. The summed E-state index contributed by atoms with van der Waals surface area (Å²) in [7, 11) is 0.